The van der Waals surface area contributed by atoms with E-state index in [2.05, 4.69) is 27.4 Å². The summed E-state index contributed by atoms with van der Waals surface area (Å²) in [6.07, 6.45) is 0.163. The van der Waals surface area contributed by atoms with Crippen LogP contribution in [-0.4, -0.2) is 109 Å². The second-order valence-electron chi connectivity index (χ2n) is 13.4. The lowest BCUT2D eigenvalue weighted by molar-refractivity contribution is -0.134. The molecule has 3 aromatic rings. The number of hydrogen-bond acceptors (Lipinski definition) is 9. The number of aliphatic hydroxyl groups excluding tert-OH is 1. The third-order valence-electron chi connectivity index (χ3n) is 9.33. The number of anilines is 3. The van der Waals surface area contributed by atoms with Crippen LogP contribution < -0.4 is 21.1 Å². The minimum atomic E-state index is -0.359. The number of amides is 3. The summed E-state index contributed by atoms with van der Waals surface area (Å²) in [6, 6.07) is 19.7. The van der Waals surface area contributed by atoms with Crippen molar-refractivity contribution in [2.75, 3.05) is 76.0 Å². The van der Waals surface area contributed by atoms with Crippen molar-refractivity contribution in [2.45, 2.75) is 45.4 Å². The van der Waals surface area contributed by atoms with Gasteiger partial charge in [-0.15, -0.1) is 0 Å². The average Bonchev–Trinajstić information content (AvgIpc) is 3.15. The summed E-state index contributed by atoms with van der Waals surface area (Å²) >= 11 is 0. The Kier molecular flexibility index (Phi) is 12.8. The number of nitrogens with two attached hydrogens (primary N) is 1. The molecule has 0 aliphatic carbocycles. The molecule has 2 aliphatic heterocycles. The van der Waals surface area contributed by atoms with E-state index in [1.54, 1.807) is 29.2 Å². The third kappa shape index (κ3) is 10.0. The van der Waals surface area contributed by atoms with Gasteiger partial charge < -0.3 is 35.8 Å². The highest BCUT2D eigenvalue weighted by Gasteiger charge is 2.31. The highest BCUT2D eigenvalue weighted by Crippen LogP contribution is 2.29. The molecule has 1 fully saturated rings. The number of nitrogens with one attached hydrogen (secondary N) is 2. The van der Waals surface area contributed by atoms with Crippen molar-refractivity contribution < 1.29 is 29.0 Å². The van der Waals surface area contributed by atoms with Crippen molar-refractivity contribution in [3.63, 3.8) is 0 Å². The largest absolute Gasteiger partial charge is 0.488 e. The number of hydrogen-bond donors (Lipinski definition) is 4. The molecular weight excluding hydrogens is 636 g/mol. The summed E-state index contributed by atoms with van der Waals surface area (Å²) in [5, 5.41) is 15.9. The summed E-state index contributed by atoms with van der Waals surface area (Å²) in [4.78, 5) is 45.3. The Morgan fingerprint density at radius 3 is 2.52 bits per heavy atom. The van der Waals surface area contributed by atoms with Gasteiger partial charge in [-0.1, -0.05) is 31.2 Å². The fourth-order valence-corrected chi connectivity index (χ4v) is 6.28. The van der Waals surface area contributed by atoms with Crippen molar-refractivity contribution in [3.05, 3.63) is 83.4 Å². The number of rotatable bonds is 12. The Morgan fingerprint density at radius 1 is 1.06 bits per heavy atom. The molecule has 12 heteroatoms. The molecule has 3 amide bonds. The Balaban J connectivity index is 1.26. The van der Waals surface area contributed by atoms with Gasteiger partial charge in [-0.3, -0.25) is 24.2 Å². The van der Waals surface area contributed by atoms with Crippen molar-refractivity contribution in [3.8, 4) is 5.75 Å². The van der Waals surface area contributed by atoms with E-state index < -0.39 is 0 Å². The Morgan fingerprint density at radius 2 is 1.80 bits per heavy atom. The normalized spacial score (nSPS) is 19.1. The molecule has 50 heavy (non-hydrogen) atoms. The van der Waals surface area contributed by atoms with Crippen molar-refractivity contribution in [2.24, 2.45) is 5.92 Å². The summed E-state index contributed by atoms with van der Waals surface area (Å²) in [7, 11) is 2.01. The fraction of sp³-hybridized carbons (Fsp3) is 0.447. The number of carbonyl (C=O) groups is 3. The van der Waals surface area contributed by atoms with Gasteiger partial charge in [0.05, 0.1) is 43.7 Å². The van der Waals surface area contributed by atoms with Gasteiger partial charge in [0.15, 0.2) is 0 Å². The molecule has 0 bridgehead atoms. The molecule has 2 heterocycles. The SMILES string of the molecule is C[C@@H]1CN([C@H](C)CO)C(=O)Cc2cc(NC(=O)CCN3CCOCC3)ccc2O[C@@H]1CN(C)Cc1ccc(C(=O)Nc2ccccc2N)cc1. The first kappa shape index (κ1) is 36.8. The molecule has 0 spiro atoms. The first-order valence-corrected chi connectivity index (χ1v) is 17.3. The fourth-order valence-electron chi connectivity index (χ4n) is 6.28. The number of ether oxygens (including phenoxy) is 2. The molecule has 3 aromatic carbocycles. The van der Waals surface area contributed by atoms with E-state index in [1.807, 2.05) is 56.4 Å². The van der Waals surface area contributed by atoms with E-state index in [0.29, 0.717) is 79.8 Å². The highest BCUT2D eigenvalue weighted by atomic mass is 16.5. The molecular formula is C38H50N6O6. The van der Waals surface area contributed by atoms with Crippen LogP contribution in [0.15, 0.2) is 66.7 Å². The van der Waals surface area contributed by atoms with Gasteiger partial charge >= 0.3 is 0 Å². The number of morpholine rings is 1. The minimum absolute atomic E-state index is 0.0580. The number of likely N-dealkylation sites (N-methyl/N-ethyl adjacent to an activating group) is 1. The minimum Gasteiger partial charge on any atom is -0.488 e. The molecule has 1 saturated heterocycles. The lowest BCUT2D eigenvalue weighted by Gasteiger charge is -2.34. The van der Waals surface area contributed by atoms with Gasteiger partial charge in [0, 0.05) is 68.4 Å². The number of nitrogens with zero attached hydrogens (tertiary/aromatic N) is 3. The first-order valence-electron chi connectivity index (χ1n) is 17.3. The molecule has 0 saturated carbocycles. The van der Waals surface area contributed by atoms with Gasteiger partial charge in [-0.2, -0.15) is 0 Å². The number of carbonyl (C=O) groups excluding carboxylic acids is 3. The van der Waals surface area contributed by atoms with Crippen LogP contribution in [0.3, 0.4) is 0 Å². The second kappa shape index (κ2) is 17.4. The maximum atomic E-state index is 13.6. The van der Waals surface area contributed by atoms with E-state index in [1.165, 1.54) is 0 Å². The van der Waals surface area contributed by atoms with Crippen molar-refractivity contribution in [1.82, 2.24) is 14.7 Å². The van der Waals surface area contributed by atoms with Gasteiger partial charge in [-0.05, 0) is 62.0 Å². The molecule has 5 rings (SSSR count). The van der Waals surface area contributed by atoms with Gasteiger partial charge in [-0.25, -0.2) is 0 Å². The monoisotopic (exact) mass is 686 g/mol. The van der Waals surface area contributed by atoms with Crippen LogP contribution in [0.1, 0.15) is 41.8 Å². The zero-order chi connectivity index (χ0) is 35.6. The molecule has 3 atom stereocenters. The quantitative estimate of drug-likeness (QED) is 0.210. The molecule has 12 nitrogen and oxygen atoms in total. The van der Waals surface area contributed by atoms with Crippen LogP contribution >= 0.6 is 0 Å². The third-order valence-corrected chi connectivity index (χ3v) is 9.33. The molecule has 5 N–H and O–H groups in total. The van der Waals surface area contributed by atoms with E-state index in [-0.39, 0.29) is 48.8 Å². The van der Waals surface area contributed by atoms with Crippen LogP contribution in [-0.2, 0) is 27.3 Å². The second-order valence-corrected chi connectivity index (χ2v) is 13.4. The predicted octanol–water partition coefficient (Wildman–Crippen LogP) is 3.46. The Hall–Kier alpha value is -4.49. The number of para-hydroxylation sites is 2. The Bertz CT molecular complexity index is 1610. The zero-order valence-electron chi connectivity index (χ0n) is 29.3. The van der Waals surface area contributed by atoms with Crippen LogP contribution in [0.2, 0.25) is 0 Å². The maximum absolute atomic E-state index is 13.6. The lowest BCUT2D eigenvalue weighted by Crippen LogP contribution is -2.47. The molecule has 0 radical (unpaired) electrons. The number of aliphatic hydroxyl groups is 1. The lowest BCUT2D eigenvalue weighted by atomic mass is 10.0. The molecule has 0 unspecified atom stereocenters. The van der Waals surface area contributed by atoms with Gasteiger partial charge in [0.25, 0.3) is 5.91 Å². The van der Waals surface area contributed by atoms with E-state index in [4.69, 9.17) is 15.2 Å². The summed E-state index contributed by atoms with van der Waals surface area (Å²) < 4.78 is 12.1. The summed E-state index contributed by atoms with van der Waals surface area (Å²) in [5.41, 5.74) is 9.90. The van der Waals surface area contributed by atoms with E-state index >= 15 is 0 Å². The topological polar surface area (TPSA) is 150 Å². The van der Waals surface area contributed by atoms with Crippen molar-refractivity contribution in [1.29, 1.82) is 0 Å². The van der Waals surface area contributed by atoms with Gasteiger partial charge in [0.1, 0.15) is 11.9 Å². The van der Waals surface area contributed by atoms with Crippen LogP contribution in [0, 0.1) is 5.92 Å². The highest BCUT2D eigenvalue weighted by molar-refractivity contribution is 6.05. The average molecular weight is 687 g/mol. The van der Waals surface area contributed by atoms with E-state index in [9.17, 15) is 19.5 Å². The van der Waals surface area contributed by atoms with Crippen LogP contribution in [0.5, 0.6) is 5.75 Å². The van der Waals surface area contributed by atoms with Crippen molar-refractivity contribution >= 4 is 34.8 Å². The Labute approximate surface area is 294 Å². The molecule has 2 aliphatic rings. The summed E-state index contributed by atoms with van der Waals surface area (Å²) in [5.74, 6) is 0.110. The number of nitrogen functional groups attached to an aromatic ring is 1. The number of benzene rings is 3. The number of fused-ring (bicyclic) bond motifs is 1. The van der Waals surface area contributed by atoms with E-state index in [0.717, 1.165) is 18.7 Å². The smallest absolute Gasteiger partial charge is 0.255 e. The maximum Gasteiger partial charge on any atom is 0.255 e. The standard InChI is InChI=1S/C38H50N6O6/c1-26-22-44(27(2)25-45)37(47)21-30-20-31(40-36(46)14-15-43-16-18-49-19-17-43)12-13-34(30)50-35(26)24-42(3)23-28-8-10-29(11-9-28)38(48)41-33-7-5-4-6-32(33)39/h4-13,20,26-27,35,45H,14-19,21-25,39H2,1-3H3,(H,40,46)(H,41,48)/t26-,27-,35-/m1/s1. The van der Waals surface area contributed by atoms with Crippen LogP contribution in [0.4, 0.5) is 17.1 Å². The molecule has 268 valence electrons. The van der Waals surface area contributed by atoms with Gasteiger partial charge in [0.2, 0.25) is 11.8 Å². The molecule has 0 aromatic heterocycles. The zero-order valence-corrected chi connectivity index (χ0v) is 29.3. The summed E-state index contributed by atoms with van der Waals surface area (Å²) in [6.45, 7) is 9.01. The predicted molar refractivity (Wildman–Crippen MR) is 194 cm³/mol. The first-order chi connectivity index (χ1) is 24.1. The van der Waals surface area contributed by atoms with Crippen LogP contribution in [0.25, 0.3) is 0 Å².